The highest BCUT2D eigenvalue weighted by molar-refractivity contribution is 5.55. The van der Waals surface area contributed by atoms with Crippen molar-refractivity contribution in [3.8, 4) is 0 Å². The van der Waals surface area contributed by atoms with Gasteiger partial charge in [-0.05, 0) is 54.2 Å². The maximum atomic E-state index is 13.1. The van der Waals surface area contributed by atoms with Gasteiger partial charge in [0.15, 0.2) is 0 Å². The van der Waals surface area contributed by atoms with Crippen LogP contribution in [0.2, 0.25) is 0 Å². The third-order valence-corrected chi connectivity index (χ3v) is 4.79. The summed E-state index contributed by atoms with van der Waals surface area (Å²) in [5.74, 6) is 0.988. The van der Waals surface area contributed by atoms with Crippen LogP contribution in [-0.4, -0.2) is 30.7 Å². The second kappa shape index (κ2) is 5.69. The summed E-state index contributed by atoms with van der Waals surface area (Å²) < 4.78 is 13.1. The van der Waals surface area contributed by atoms with Crippen molar-refractivity contribution >= 4 is 5.82 Å². The topological polar surface area (TPSA) is 28.2 Å². The Balaban J connectivity index is 1.66. The van der Waals surface area contributed by atoms with Crippen LogP contribution < -0.4 is 10.2 Å². The zero-order valence-electron chi connectivity index (χ0n) is 12.6. The van der Waals surface area contributed by atoms with Crippen LogP contribution in [0.4, 0.5) is 10.2 Å². The van der Waals surface area contributed by atoms with Crippen molar-refractivity contribution in [3.63, 3.8) is 0 Å². The zero-order valence-corrected chi connectivity index (χ0v) is 12.6. The number of aromatic nitrogens is 1. The molecule has 4 rings (SSSR count). The Bertz CT molecular complexity index is 669. The molecule has 0 amide bonds. The molecule has 22 heavy (non-hydrogen) atoms. The molecule has 0 saturated carbocycles. The van der Waals surface area contributed by atoms with Gasteiger partial charge in [-0.25, -0.2) is 9.37 Å². The van der Waals surface area contributed by atoms with Gasteiger partial charge in [0, 0.05) is 31.9 Å². The van der Waals surface area contributed by atoms with Crippen LogP contribution >= 0.6 is 0 Å². The molecular weight excluding hydrogens is 277 g/mol. The minimum atomic E-state index is -0.177. The van der Waals surface area contributed by atoms with Crippen molar-refractivity contribution in [3.05, 3.63) is 59.0 Å². The lowest BCUT2D eigenvalue weighted by molar-refractivity contribution is 0.435. The summed E-state index contributed by atoms with van der Waals surface area (Å²) in [6, 6.07) is 9.52. The molecule has 114 valence electrons. The van der Waals surface area contributed by atoms with Gasteiger partial charge in [-0.3, -0.25) is 0 Å². The van der Waals surface area contributed by atoms with E-state index in [2.05, 4.69) is 21.3 Å². The maximum absolute atomic E-state index is 13.1. The molecular formula is C18H20FN3. The summed E-state index contributed by atoms with van der Waals surface area (Å²) in [6.45, 7) is 3.12. The molecule has 1 N–H and O–H groups in total. The van der Waals surface area contributed by atoms with Crippen molar-refractivity contribution in [2.45, 2.75) is 25.3 Å². The highest BCUT2D eigenvalue weighted by Crippen LogP contribution is 2.32. The quantitative estimate of drug-likeness (QED) is 0.923. The lowest BCUT2D eigenvalue weighted by atomic mass is 9.91. The molecule has 3 heterocycles. The Morgan fingerprint density at radius 2 is 2.09 bits per heavy atom. The first-order valence-electron chi connectivity index (χ1n) is 8.00. The molecule has 1 fully saturated rings. The molecule has 4 heteroatoms. The Kier molecular flexibility index (Phi) is 3.54. The summed E-state index contributed by atoms with van der Waals surface area (Å²) in [7, 11) is 0. The summed E-state index contributed by atoms with van der Waals surface area (Å²) >= 11 is 0. The summed E-state index contributed by atoms with van der Waals surface area (Å²) in [5.41, 5.74) is 3.86. The van der Waals surface area contributed by atoms with E-state index in [-0.39, 0.29) is 5.82 Å². The number of fused-ring (bicyclic) bond motifs is 3. The maximum Gasteiger partial charge on any atom is 0.132 e. The van der Waals surface area contributed by atoms with Crippen LogP contribution in [-0.2, 0) is 12.8 Å². The molecule has 2 aliphatic heterocycles. The summed E-state index contributed by atoms with van der Waals surface area (Å²) in [6.07, 6.45) is 5.04. The lowest BCUT2D eigenvalue weighted by Crippen LogP contribution is -2.53. The summed E-state index contributed by atoms with van der Waals surface area (Å²) in [5, 5.41) is 3.47. The van der Waals surface area contributed by atoms with E-state index in [1.807, 2.05) is 18.3 Å². The van der Waals surface area contributed by atoms with Crippen LogP contribution in [0.5, 0.6) is 0 Å². The van der Waals surface area contributed by atoms with E-state index in [1.54, 1.807) is 0 Å². The SMILES string of the molecule is Fc1ccc(Cc2ccnc3c2CCC2CNCCN32)cc1. The van der Waals surface area contributed by atoms with Gasteiger partial charge in [-0.1, -0.05) is 12.1 Å². The van der Waals surface area contributed by atoms with Crippen LogP contribution in [0.15, 0.2) is 36.5 Å². The Morgan fingerprint density at radius 3 is 2.95 bits per heavy atom. The monoisotopic (exact) mass is 297 g/mol. The minimum absolute atomic E-state index is 0.177. The summed E-state index contributed by atoms with van der Waals surface area (Å²) in [4.78, 5) is 7.12. The van der Waals surface area contributed by atoms with E-state index < -0.39 is 0 Å². The number of pyridine rings is 1. The van der Waals surface area contributed by atoms with Crippen molar-refractivity contribution < 1.29 is 4.39 Å². The molecule has 1 aromatic heterocycles. The third kappa shape index (κ3) is 2.48. The highest BCUT2D eigenvalue weighted by atomic mass is 19.1. The molecule has 0 bridgehead atoms. The molecule has 1 atom stereocenters. The molecule has 1 aromatic carbocycles. The number of anilines is 1. The zero-order chi connectivity index (χ0) is 14.9. The van der Waals surface area contributed by atoms with Gasteiger partial charge < -0.3 is 10.2 Å². The highest BCUT2D eigenvalue weighted by Gasteiger charge is 2.30. The normalized spacial score (nSPS) is 20.4. The predicted octanol–water partition coefficient (Wildman–Crippen LogP) is 2.54. The fraction of sp³-hybridized carbons (Fsp3) is 0.389. The fourth-order valence-corrected chi connectivity index (χ4v) is 3.64. The first kappa shape index (κ1) is 13.7. The molecule has 1 saturated heterocycles. The first-order valence-corrected chi connectivity index (χ1v) is 8.00. The Labute approximate surface area is 130 Å². The number of benzene rings is 1. The number of halogens is 1. The fourth-order valence-electron chi connectivity index (χ4n) is 3.64. The van der Waals surface area contributed by atoms with E-state index in [4.69, 9.17) is 0 Å². The van der Waals surface area contributed by atoms with Gasteiger partial charge in [0.05, 0.1) is 0 Å². The first-order chi connectivity index (χ1) is 10.8. The molecule has 0 spiro atoms. The Hall–Kier alpha value is -1.94. The number of nitrogens with zero attached hydrogens (tertiary/aromatic N) is 2. The number of rotatable bonds is 2. The third-order valence-electron chi connectivity index (χ3n) is 4.79. The minimum Gasteiger partial charge on any atom is -0.351 e. The predicted molar refractivity (Wildman–Crippen MR) is 85.8 cm³/mol. The van der Waals surface area contributed by atoms with Crippen LogP contribution in [0.25, 0.3) is 0 Å². The second-order valence-electron chi connectivity index (χ2n) is 6.17. The average molecular weight is 297 g/mol. The van der Waals surface area contributed by atoms with Crippen molar-refractivity contribution in [1.29, 1.82) is 0 Å². The van der Waals surface area contributed by atoms with Crippen LogP contribution in [0, 0.1) is 5.82 Å². The van der Waals surface area contributed by atoms with Gasteiger partial charge in [0.2, 0.25) is 0 Å². The van der Waals surface area contributed by atoms with Gasteiger partial charge in [-0.15, -0.1) is 0 Å². The van der Waals surface area contributed by atoms with Crippen molar-refractivity contribution in [1.82, 2.24) is 10.3 Å². The van der Waals surface area contributed by atoms with Crippen LogP contribution in [0.3, 0.4) is 0 Å². The number of hydrogen-bond acceptors (Lipinski definition) is 3. The molecule has 0 radical (unpaired) electrons. The van der Waals surface area contributed by atoms with Gasteiger partial charge in [0.1, 0.15) is 11.6 Å². The molecule has 1 unspecified atom stereocenters. The molecule has 3 nitrogen and oxygen atoms in total. The van der Waals surface area contributed by atoms with E-state index >= 15 is 0 Å². The van der Waals surface area contributed by atoms with Crippen molar-refractivity contribution in [2.75, 3.05) is 24.5 Å². The Morgan fingerprint density at radius 1 is 1.23 bits per heavy atom. The van der Waals surface area contributed by atoms with Crippen LogP contribution in [0.1, 0.15) is 23.1 Å². The van der Waals surface area contributed by atoms with Crippen molar-refractivity contribution in [2.24, 2.45) is 0 Å². The van der Waals surface area contributed by atoms with E-state index in [9.17, 15) is 4.39 Å². The van der Waals surface area contributed by atoms with Gasteiger partial charge in [-0.2, -0.15) is 0 Å². The molecule has 2 aromatic rings. The smallest absolute Gasteiger partial charge is 0.132 e. The lowest BCUT2D eigenvalue weighted by Gasteiger charge is -2.42. The number of nitrogens with one attached hydrogen (secondary N) is 1. The second-order valence-corrected chi connectivity index (χ2v) is 6.17. The van der Waals surface area contributed by atoms with Gasteiger partial charge in [0.25, 0.3) is 0 Å². The standard InChI is InChI=1S/C18H20FN3/c19-15-3-1-13(2-4-15)11-14-7-8-21-18-17(14)6-5-16-12-20-9-10-22(16)18/h1-4,7-8,16,20H,5-6,9-12H2. The molecule has 2 aliphatic rings. The molecule has 0 aliphatic carbocycles. The van der Waals surface area contributed by atoms with E-state index in [0.29, 0.717) is 6.04 Å². The number of hydrogen-bond donors (Lipinski definition) is 1. The van der Waals surface area contributed by atoms with E-state index in [1.165, 1.54) is 29.7 Å². The number of piperazine rings is 1. The largest absolute Gasteiger partial charge is 0.351 e. The van der Waals surface area contributed by atoms with E-state index in [0.717, 1.165) is 43.9 Å². The average Bonchev–Trinajstić information content (AvgIpc) is 2.57. The van der Waals surface area contributed by atoms with Gasteiger partial charge >= 0.3 is 0 Å².